The van der Waals surface area contributed by atoms with E-state index in [9.17, 15) is 0 Å². The highest BCUT2D eigenvalue weighted by atomic mass is 32.1. The number of hydrogen-bond acceptors (Lipinski definition) is 3. The molecule has 2 heterocycles. The standard InChI is InChI=1S/C47H32N2S/c1-3-13-30(2)31-15-10-19-36(26-31)44-46-45(41-24-8-9-25-43(41)50-46)49-47(48-44)37-20-12-17-33(28-37)32-16-11-18-34(27-32)42-29-35-14-4-5-21-38(35)39-22-6-7-23-40(39)42/h3-29H,1H2,2H3. The van der Waals surface area contributed by atoms with E-state index in [2.05, 4.69) is 165 Å². The highest BCUT2D eigenvalue weighted by molar-refractivity contribution is 7.26. The zero-order valence-electron chi connectivity index (χ0n) is 27.6. The van der Waals surface area contributed by atoms with Crippen LogP contribution in [-0.2, 0) is 0 Å². The molecule has 0 radical (unpaired) electrons. The Morgan fingerprint density at radius 2 is 1.20 bits per heavy atom. The molecule has 2 aromatic heterocycles. The fourth-order valence-corrected chi connectivity index (χ4v) is 8.25. The quantitative estimate of drug-likeness (QED) is 0.131. The first-order valence-corrected chi connectivity index (χ1v) is 17.7. The maximum atomic E-state index is 5.31. The molecule has 0 unspecified atom stereocenters. The summed E-state index contributed by atoms with van der Waals surface area (Å²) in [5.41, 5.74) is 11.0. The molecule has 50 heavy (non-hydrogen) atoms. The van der Waals surface area contributed by atoms with E-state index >= 15 is 0 Å². The van der Waals surface area contributed by atoms with Crippen molar-refractivity contribution in [2.45, 2.75) is 6.92 Å². The predicted molar refractivity (Wildman–Crippen MR) is 216 cm³/mol. The average Bonchev–Trinajstić information content (AvgIpc) is 3.56. The normalized spacial score (nSPS) is 11.9. The molecule has 0 N–H and O–H groups in total. The molecule has 7 aromatic carbocycles. The minimum absolute atomic E-state index is 0.721. The Kier molecular flexibility index (Phi) is 7.41. The van der Waals surface area contributed by atoms with Gasteiger partial charge in [-0.25, -0.2) is 9.97 Å². The molecule has 0 amide bonds. The Hall–Kier alpha value is -6.16. The van der Waals surface area contributed by atoms with Gasteiger partial charge in [0.05, 0.1) is 15.9 Å². The van der Waals surface area contributed by atoms with Gasteiger partial charge >= 0.3 is 0 Å². The first-order valence-electron chi connectivity index (χ1n) is 16.9. The van der Waals surface area contributed by atoms with Crippen molar-refractivity contribution in [1.82, 2.24) is 9.97 Å². The largest absolute Gasteiger partial charge is 0.226 e. The average molecular weight is 657 g/mol. The molecule has 0 aliphatic rings. The lowest BCUT2D eigenvalue weighted by Gasteiger charge is -2.13. The molecule has 0 aliphatic carbocycles. The first-order chi connectivity index (χ1) is 24.6. The second kappa shape index (κ2) is 12.4. The van der Waals surface area contributed by atoms with Crippen molar-refractivity contribution in [2.75, 3.05) is 0 Å². The summed E-state index contributed by atoms with van der Waals surface area (Å²) in [6, 6.07) is 54.4. The summed E-state index contributed by atoms with van der Waals surface area (Å²) in [6.07, 6.45) is 3.88. The van der Waals surface area contributed by atoms with E-state index < -0.39 is 0 Å². The molecule has 0 saturated carbocycles. The van der Waals surface area contributed by atoms with Gasteiger partial charge < -0.3 is 0 Å². The lowest BCUT2D eigenvalue weighted by molar-refractivity contribution is 1.24. The lowest BCUT2D eigenvalue weighted by atomic mass is 9.91. The van der Waals surface area contributed by atoms with Crippen LogP contribution in [0.25, 0.3) is 92.3 Å². The van der Waals surface area contributed by atoms with Crippen LogP contribution in [0.2, 0.25) is 0 Å². The highest BCUT2D eigenvalue weighted by Gasteiger charge is 2.18. The summed E-state index contributed by atoms with van der Waals surface area (Å²) in [5.74, 6) is 0.721. The van der Waals surface area contributed by atoms with E-state index in [0.29, 0.717) is 0 Å². The molecular weight excluding hydrogens is 625 g/mol. The second-order valence-electron chi connectivity index (χ2n) is 12.7. The maximum Gasteiger partial charge on any atom is 0.160 e. The topological polar surface area (TPSA) is 25.8 Å². The maximum absolute atomic E-state index is 5.31. The predicted octanol–water partition coefficient (Wildman–Crippen LogP) is 13.4. The molecule has 0 atom stereocenters. The van der Waals surface area contributed by atoms with Gasteiger partial charge in [-0.05, 0) is 92.2 Å². The van der Waals surface area contributed by atoms with Gasteiger partial charge in [-0.1, -0.05) is 140 Å². The molecule has 9 aromatic rings. The van der Waals surface area contributed by atoms with E-state index in [1.54, 1.807) is 11.3 Å². The van der Waals surface area contributed by atoms with Gasteiger partial charge in [-0.15, -0.1) is 11.3 Å². The van der Waals surface area contributed by atoms with Crippen molar-refractivity contribution < 1.29 is 0 Å². The van der Waals surface area contributed by atoms with E-state index in [0.717, 1.165) is 60.5 Å². The highest BCUT2D eigenvalue weighted by Crippen LogP contribution is 2.41. The third kappa shape index (κ3) is 5.20. The fourth-order valence-electron chi connectivity index (χ4n) is 7.10. The van der Waals surface area contributed by atoms with E-state index in [1.807, 2.05) is 12.2 Å². The van der Waals surface area contributed by atoms with Crippen molar-refractivity contribution in [1.29, 1.82) is 0 Å². The van der Waals surface area contributed by atoms with Gasteiger partial charge in [0.25, 0.3) is 0 Å². The van der Waals surface area contributed by atoms with Crippen LogP contribution in [0, 0.1) is 0 Å². The summed E-state index contributed by atoms with van der Waals surface area (Å²) in [6.45, 7) is 6.01. The van der Waals surface area contributed by atoms with Gasteiger partial charge in [0, 0.05) is 21.2 Å². The number of thiophene rings is 1. The van der Waals surface area contributed by atoms with Crippen molar-refractivity contribution >= 4 is 58.8 Å². The van der Waals surface area contributed by atoms with Gasteiger partial charge in [0.15, 0.2) is 5.82 Å². The summed E-state index contributed by atoms with van der Waals surface area (Å²) >= 11 is 1.76. The number of benzene rings is 7. The Balaban J connectivity index is 1.19. The van der Waals surface area contributed by atoms with Crippen LogP contribution in [-0.4, -0.2) is 9.97 Å². The molecule has 0 fully saturated rings. The molecule has 0 bridgehead atoms. The second-order valence-corrected chi connectivity index (χ2v) is 13.7. The number of aromatic nitrogens is 2. The zero-order valence-corrected chi connectivity index (χ0v) is 28.4. The number of nitrogens with zero attached hydrogens (tertiary/aromatic N) is 2. The Bertz CT molecular complexity index is 2800. The Morgan fingerprint density at radius 1 is 0.560 bits per heavy atom. The number of hydrogen-bond donors (Lipinski definition) is 0. The third-order valence-electron chi connectivity index (χ3n) is 9.57. The molecule has 0 saturated heterocycles. The summed E-state index contributed by atoms with van der Waals surface area (Å²) in [4.78, 5) is 10.6. The Labute approximate surface area is 295 Å². The van der Waals surface area contributed by atoms with E-state index in [1.165, 1.54) is 37.4 Å². The molecule has 2 nitrogen and oxygen atoms in total. The molecular formula is C47H32N2S. The van der Waals surface area contributed by atoms with Crippen LogP contribution in [0.5, 0.6) is 0 Å². The van der Waals surface area contributed by atoms with Crippen LogP contribution in [0.3, 0.4) is 0 Å². The van der Waals surface area contributed by atoms with Crippen LogP contribution in [0.1, 0.15) is 12.5 Å². The molecule has 0 spiro atoms. The van der Waals surface area contributed by atoms with Gasteiger partial charge in [-0.3, -0.25) is 0 Å². The summed E-state index contributed by atoms with van der Waals surface area (Å²) < 4.78 is 2.31. The number of rotatable bonds is 6. The van der Waals surface area contributed by atoms with Crippen LogP contribution >= 0.6 is 11.3 Å². The molecule has 236 valence electrons. The van der Waals surface area contributed by atoms with E-state index in [-0.39, 0.29) is 0 Å². The molecule has 3 heteroatoms. The van der Waals surface area contributed by atoms with Crippen LogP contribution in [0.4, 0.5) is 0 Å². The fraction of sp³-hybridized carbons (Fsp3) is 0.0213. The van der Waals surface area contributed by atoms with Crippen molar-refractivity contribution in [2.24, 2.45) is 0 Å². The van der Waals surface area contributed by atoms with Crippen LogP contribution in [0.15, 0.2) is 170 Å². The minimum atomic E-state index is 0.721. The van der Waals surface area contributed by atoms with E-state index in [4.69, 9.17) is 9.97 Å². The zero-order chi connectivity index (χ0) is 33.6. The van der Waals surface area contributed by atoms with Crippen molar-refractivity contribution in [3.8, 4) is 44.9 Å². The lowest BCUT2D eigenvalue weighted by Crippen LogP contribution is -1.94. The van der Waals surface area contributed by atoms with Gasteiger partial charge in [-0.2, -0.15) is 0 Å². The van der Waals surface area contributed by atoms with Crippen LogP contribution < -0.4 is 0 Å². The summed E-state index contributed by atoms with van der Waals surface area (Å²) in [5, 5.41) is 6.21. The molecule has 0 aliphatic heterocycles. The van der Waals surface area contributed by atoms with Gasteiger partial charge in [0.1, 0.15) is 0 Å². The summed E-state index contributed by atoms with van der Waals surface area (Å²) in [7, 11) is 0. The number of fused-ring (bicyclic) bond motifs is 6. The minimum Gasteiger partial charge on any atom is -0.226 e. The van der Waals surface area contributed by atoms with Crippen molar-refractivity contribution in [3.63, 3.8) is 0 Å². The van der Waals surface area contributed by atoms with Gasteiger partial charge in [0.2, 0.25) is 0 Å². The smallest absolute Gasteiger partial charge is 0.160 e. The molecule has 9 rings (SSSR count). The third-order valence-corrected chi connectivity index (χ3v) is 10.7. The first kappa shape index (κ1) is 29.9. The number of allylic oxidation sites excluding steroid dienone is 3. The SMILES string of the molecule is C=CC=C(C)c1cccc(-c2nc(-c3cccc(-c4cccc(-c5cc6ccccc6c6ccccc56)c4)c3)nc3c2sc2ccccc23)c1. The van der Waals surface area contributed by atoms with Crippen molar-refractivity contribution in [3.05, 3.63) is 176 Å². The Morgan fingerprint density at radius 3 is 2.02 bits per heavy atom. The monoisotopic (exact) mass is 656 g/mol.